The van der Waals surface area contributed by atoms with Gasteiger partial charge in [-0.15, -0.1) is 0 Å². The van der Waals surface area contributed by atoms with Crippen LogP contribution in [0.25, 0.3) is 0 Å². The van der Waals surface area contributed by atoms with Crippen molar-refractivity contribution in [2.45, 2.75) is 96.4 Å². The first kappa shape index (κ1) is 25.7. The van der Waals surface area contributed by atoms with Gasteiger partial charge in [0.15, 0.2) is 0 Å². The van der Waals surface area contributed by atoms with Gasteiger partial charge in [-0.25, -0.2) is 4.79 Å². The lowest BCUT2D eigenvalue weighted by molar-refractivity contribution is -0.0144. The minimum atomic E-state index is -2.61. The molecule has 0 spiro atoms. The summed E-state index contributed by atoms with van der Waals surface area (Å²) in [6.45, 7) is 19.4. The maximum absolute atomic E-state index is 12.7. The van der Waals surface area contributed by atoms with Gasteiger partial charge >= 0.3 is 14.7 Å². The van der Waals surface area contributed by atoms with Crippen molar-refractivity contribution in [1.29, 1.82) is 0 Å². The molecule has 1 aromatic rings. The van der Waals surface area contributed by atoms with Crippen molar-refractivity contribution >= 4 is 14.7 Å². The number of amides is 1. The summed E-state index contributed by atoms with van der Waals surface area (Å²) >= 11 is 0. The number of ether oxygens (including phenoxy) is 1. The molecular weight excluding hydrogens is 410 g/mol. The first-order valence-corrected chi connectivity index (χ1v) is 12.9. The summed E-state index contributed by atoms with van der Waals surface area (Å²) in [6.07, 6.45) is 0.879. The number of hydrogen-bond donors (Lipinski definition) is 2. The van der Waals surface area contributed by atoms with Gasteiger partial charge in [0.1, 0.15) is 11.4 Å². The van der Waals surface area contributed by atoms with Crippen LogP contribution in [-0.4, -0.2) is 44.1 Å². The topological polar surface area (TPSA) is 77.0 Å². The molecule has 1 fully saturated rings. The Morgan fingerprint density at radius 3 is 1.90 bits per heavy atom. The van der Waals surface area contributed by atoms with Crippen LogP contribution >= 0.6 is 0 Å². The second-order valence-electron chi connectivity index (χ2n) is 11.8. The Morgan fingerprint density at radius 2 is 1.48 bits per heavy atom. The van der Waals surface area contributed by atoms with Crippen LogP contribution in [0.4, 0.5) is 4.79 Å². The summed E-state index contributed by atoms with van der Waals surface area (Å²) in [5.41, 5.74) is -0.204. The molecule has 1 aromatic carbocycles. The molecule has 6 nitrogen and oxygen atoms in total. The number of carbonyl (C=O) groups excluding carboxylic acids is 1. The molecule has 0 saturated carbocycles. The van der Waals surface area contributed by atoms with E-state index < -0.39 is 25.8 Å². The van der Waals surface area contributed by atoms with Gasteiger partial charge in [-0.05, 0) is 51.3 Å². The fourth-order valence-electron chi connectivity index (χ4n) is 4.40. The summed E-state index contributed by atoms with van der Waals surface area (Å²) in [5, 5.41) is 12.4. The Bertz CT molecular complexity index is 732. The predicted octanol–water partition coefficient (Wildman–Crippen LogP) is 5.68. The molecule has 1 aliphatic rings. The highest BCUT2D eigenvalue weighted by Crippen LogP contribution is 2.54. The van der Waals surface area contributed by atoms with Crippen molar-refractivity contribution in [2.75, 3.05) is 13.2 Å². The second kappa shape index (κ2) is 8.75. The zero-order valence-corrected chi connectivity index (χ0v) is 21.7. The molecule has 0 aromatic heterocycles. The molecule has 1 aliphatic heterocycles. The Balaban J connectivity index is 2.26. The fourth-order valence-corrected chi connectivity index (χ4v) is 9.42. The number of nitrogens with one attached hydrogen (secondary N) is 1. The van der Waals surface area contributed by atoms with Crippen molar-refractivity contribution in [3.05, 3.63) is 29.8 Å². The largest absolute Gasteiger partial charge is 0.508 e. The van der Waals surface area contributed by atoms with Crippen LogP contribution in [0, 0.1) is 0 Å². The summed E-state index contributed by atoms with van der Waals surface area (Å²) < 4.78 is 18.8. The Labute approximate surface area is 188 Å². The van der Waals surface area contributed by atoms with E-state index in [2.05, 4.69) is 46.9 Å². The van der Waals surface area contributed by atoms with E-state index in [9.17, 15) is 9.90 Å². The first-order chi connectivity index (χ1) is 14.0. The zero-order valence-electron chi connectivity index (χ0n) is 20.7. The molecule has 0 radical (unpaired) electrons. The van der Waals surface area contributed by atoms with Crippen molar-refractivity contribution in [3.63, 3.8) is 0 Å². The Kier molecular flexibility index (Phi) is 7.25. The van der Waals surface area contributed by atoms with E-state index in [1.165, 1.54) is 0 Å². The van der Waals surface area contributed by atoms with Gasteiger partial charge in [-0.3, -0.25) is 0 Å². The molecule has 0 unspecified atom stereocenters. The lowest BCUT2D eigenvalue weighted by Gasteiger charge is -2.55. The second-order valence-corrected chi connectivity index (χ2v) is 16.6. The van der Waals surface area contributed by atoms with Crippen LogP contribution in [0.2, 0.25) is 10.1 Å². The lowest BCUT2D eigenvalue weighted by Crippen LogP contribution is -2.69. The third-order valence-electron chi connectivity index (χ3n) is 5.67. The van der Waals surface area contributed by atoms with E-state index in [4.69, 9.17) is 13.6 Å². The molecule has 0 aliphatic carbocycles. The van der Waals surface area contributed by atoms with Crippen molar-refractivity contribution in [1.82, 2.24) is 5.32 Å². The average molecular weight is 452 g/mol. The highest BCUT2D eigenvalue weighted by molar-refractivity contribution is 6.73. The third kappa shape index (κ3) is 6.24. The summed E-state index contributed by atoms with van der Waals surface area (Å²) in [4.78, 5) is 12.7. The van der Waals surface area contributed by atoms with E-state index in [0.717, 1.165) is 5.56 Å². The molecule has 176 valence electrons. The molecule has 1 heterocycles. The summed E-state index contributed by atoms with van der Waals surface area (Å²) in [5.74, 6) is 0.237. The Hall–Kier alpha value is -1.57. The molecule has 2 N–H and O–H groups in total. The predicted molar refractivity (Wildman–Crippen MR) is 126 cm³/mol. The quantitative estimate of drug-likeness (QED) is 0.576. The van der Waals surface area contributed by atoms with Gasteiger partial charge in [-0.1, -0.05) is 53.7 Å². The number of phenols is 1. The van der Waals surface area contributed by atoms with Gasteiger partial charge in [0, 0.05) is 10.1 Å². The first-order valence-electron chi connectivity index (χ1n) is 11.1. The van der Waals surface area contributed by atoms with Crippen LogP contribution in [0.15, 0.2) is 24.3 Å². The molecular formula is C24H41NO5Si. The van der Waals surface area contributed by atoms with Crippen molar-refractivity contribution in [2.24, 2.45) is 0 Å². The number of alkyl carbamates (subject to hydrolysis) is 1. The van der Waals surface area contributed by atoms with E-state index in [0.29, 0.717) is 26.1 Å². The molecule has 2 rings (SSSR count). The molecule has 7 heteroatoms. The van der Waals surface area contributed by atoms with Gasteiger partial charge in [0.25, 0.3) is 0 Å². The third-order valence-corrected chi connectivity index (χ3v) is 10.7. The monoisotopic (exact) mass is 451 g/mol. The molecule has 1 amide bonds. The number of carbonyl (C=O) groups is 1. The highest BCUT2D eigenvalue weighted by atomic mass is 28.4. The van der Waals surface area contributed by atoms with E-state index in [-0.39, 0.29) is 15.8 Å². The Morgan fingerprint density at radius 1 is 1.00 bits per heavy atom. The summed E-state index contributed by atoms with van der Waals surface area (Å²) in [6, 6.07) is 7.14. The van der Waals surface area contributed by atoms with Crippen molar-refractivity contribution in [3.8, 4) is 5.75 Å². The molecule has 0 atom stereocenters. The number of aromatic hydroxyl groups is 1. The van der Waals surface area contributed by atoms with Crippen LogP contribution in [-0.2, 0) is 20.0 Å². The summed E-state index contributed by atoms with van der Waals surface area (Å²) in [7, 11) is -2.61. The number of benzene rings is 1. The average Bonchev–Trinajstić information content (AvgIpc) is 2.58. The number of aryl methyl sites for hydroxylation is 1. The number of phenolic OH excluding ortho intramolecular Hbond substituents is 1. The smallest absolute Gasteiger partial charge is 0.408 e. The van der Waals surface area contributed by atoms with E-state index >= 15 is 0 Å². The fraction of sp³-hybridized carbons (Fsp3) is 0.708. The van der Waals surface area contributed by atoms with Crippen LogP contribution in [0.5, 0.6) is 5.75 Å². The standard InChI is InChI=1S/C24H41NO5Si/c1-21(2,3)30-20(27)25-24(15-14-18-10-12-19(26)13-11-18)16-28-31(29-17-24,22(4,5)6)23(7,8)9/h10-13,26H,14-17H2,1-9H3,(H,25,27). The van der Waals surface area contributed by atoms with Gasteiger partial charge in [0.2, 0.25) is 0 Å². The SMILES string of the molecule is CC(C)(C)OC(=O)NC1(CCc2ccc(O)cc2)CO[Si](C(C)(C)C)(C(C)(C)C)OC1. The minimum Gasteiger partial charge on any atom is -0.508 e. The van der Waals surface area contributed by atoms with Gasteiger partial charge in [-0.2, -0.15) is 0 Å². The van der Waals surface area contributed by atoms with E-state index in [1.54, 1.807) is 12.1 Å². The minimum absolute atomic E-state index is 0.125. The normalized spacial score (nSPS) is 19.0. The molecule has 1 saturated heterocycles. The maximum Gasteiger partial charge on any atom is 0.408 e. The van der Waals surface area contributed by atoms with Gasteiger partial charge in [0.05, 0.1) is 18.8 Å². The van der Waals surface area contributed by atoms with Crippen LogP contribution < -0.4 is 5.32 Å². The molecule has 0 bridgehead atoms. The number of rotatable bonds is 4. The zero-order chi connectivity index (χ0) is 23.7. The van der Waals surface area contributed by atoms with E-state index in [1.807, 2.05) is 32.9 Å². The van der Waals surface area contributed by atoms with Gasteiger partial charge < -0.3 is 24.0 Å². The number of hydrogen-bond acceptors (Lipinski definition) is 5. The lowest BCUT2D eigenvalue weighted by atomic mass is 9.92. The highest BCUT2D eigenvalue weighted by Gasteiger charge is 2.62. The molecule has 31 heavy (non-hydrogen) atoms. The van der Waals surface area contributed by atoms with Crippen LogP contribution in [0.1, 0.15) is 74.3 Å². The maximum atomic E-state index is 12.7. The van der Waals surface area contributed by atoms with Crippen molar-refractivity contribution < 1.29 is 23.5 Å². The van der Waals surface area contributed by atoms with Crippen LogP contribution in [0.3, 0.4) is 0 Å².